The topological polar surface area (TPSA) is 73.9 Å². The van der Waals surface area contributed by atoms with Gasteiger partial charge in [-0.15, -0.1) is 12.4 Å². The maximum absolute atomic E-state index is 13.6. The first-order chi connectivity index (χ1) is 19.0. The highest BCUT2D eigenvalue weighted by Crippen LogP contribution is 2.28. The molecule has 1 aliphatic rings. The lowest BCUT2D eigenvalue weighted by Gasteiger charge is -2.31. The average molecular weight is 563 g/mol. The third kappa shape index (κ3) is 8.95. The summed E-state index contributed by atoms with van der Waals surface area (Å²) in [6.45, 7) is 9.93. The van der Waals surface area contributed by atoms with Crippen LogP contribution < -0.4 is 10.6 Å². The van der Waals surface area contributed by atoms with Crippen molar-refractivity contribution in [2.45, 2.75) is 12.3 Å². The molecule has 0 aromatic heterocycles. The van der Waals surface area contributed by atoms with Crippen LogP contribution in [0.5, 0.6) is 0 Å². The summed E-state index contributed by atoms with van der Waals surface area (Å²) in [5, 5.41) is 6.36. The third-order valence-electron chi connectivity index (χ3n) is 6.99. The van der Waals surface area contributed by atoms with E-state index in [2.05, 4.69) is 70.6 Å². The van der Waals surface area contributed by atoms with Crippen LogP contribution in [0.15, 0.2) is 97.1 Å². The van der Waals surface area contributed by atoms with Crippen LogP contribution in [0.2, 0.25) is 0 Å². The maximum atomic E-state index is 13.6. The number of ether oxygens (including phenoxy) is 1. The smallest absolute Gasteiger partial charge is 0.337 e. The second kappa shape index (κ2) is 15.8. The molecule has 0 unspecified atom stereocenters. The van der Waals surface area contributed by atoms with E-state index in [1.54, 1.807) is 24.3 Å². The van der Waals surface area contributed by atoms with E-state index in [1.807, 2.05) is 17.0 Å². The van der Waals surface area contributed by atoms with Crippen molar-refractivity contribution < 1.29 is 14.3 Å². The van der Waals surface area contributed by atoms with Gasteiger partial charge in [-0.25, -0.2) is 9.59 Å². The highest BCUT2D eigenvalue weighted by atomic mass is 35.5. The van der Waals surface area contributed by atoms with Gasteiger partial charge in [0.2, 0.25) is 0 Å². The first-order valence-corrected chi connectivity index (χ1v) is 13.5. The number of amides is 2. The lowest BCUT2D eigenvalue weighted by Crippen LogP contribution is -2.45. The molecule has 8 heteroatoms. The Morgan fingerprint density at radius 3 is 2.20 bits per heavy atom. The number of urea groups is 1. The zero-order valence-electron chi connectivity index (χ0n) is 23.1. The van der Waals surface area contributed by atoms with E-state index in [-0.39, 0.29) is 24.4 Å². The Hall–Kier alpha value is -3.65. The highest BCUT2D eigenvalue weighted by Gasteiger charge is 2.21. The molecule has 0 atom stereocenters. The van der Waals surface area contributed by atoms with Crippen LogP contribution in [-0.4, -0.2) is 74.7 Å². The molecule has 3 aromatic carbocycles. The van der Waals surface area contributed by atoms with Crippen molar-refractivity contribution in [2.75, 3.05) is 58.2 Å². The van der Waals surface area contributed by atoms with Gasteiger partial charge in [-0.3, -0.25) is 4.90 Å². The van der Waals surface area contributed by atoms with Gasteiger partial charge in [0.25, 0.3) is 0 Å². The summed E-state index contributed by atoms with van der Waals surface area (Å²) in [6, 6.07) is 27.4. The van der Waals surface area contributed by atoms with Gasteiger partial charge < -0.3 is 20.3 Å². The molecule has 2 N–H and O–H groups in total. The second-order valence-electron chi connectivity index (χ2n) is 9.86. The molecule has 3 aromatic rings. The molecule has 1 saturated heterocycles. The summed E-state index contributed by atoms with van der Waals surface area (Å²) in [4.78, 5) is 29.8. The number of carbonyl (C=O) groups excluding carboxylic acids is 2. The van der Waals surface area contributed by atoms with E-state index in [4.69, 9.17) is 4.74 Å². The number of methoxy groups -OCH3 is 1. The van der Waals surface area contributed by atoms with Crippen molar-refractivity contribution in [3.05, 3.63) is 114 Å². The Balaban J connectivity index is 0.00000441. The molecule has 0 spiro atoms. The van der Waals surface area contributed by atoms with Crippen LogP contribution in [-0.2, 0) is 4.74 Å². The van der Waals surface area contributed by atoms with Gasteiger partial charge in [-0.05, 0) is 41.3 Å². The summed E-state index contributed by atoms with van der Waals surface area (Å²) in [5.74, 6) is -0.298. The van der Waals surface area contributed by atoms with E-state index in [0.717, 1.165) is 44.7 Å². The summed E-state index contributed by atoms with van der Waals surface area (Å²) < 4.78 is 4.83. The first-order valence-electron chi connectivity index (χ1n) is 13.5. The number of benzene rings is 3. The molecule has 0 bridgehead atoms. The Bertz CT molecular complexity index is 1190. The molecule has 212 valence electrons. The molecule has 0 saturated carbocycles. The summed E-state index contributed by atoms with van der Waals surface area (Å²) in [7, 11) is 1.34. The first kappa shape index (κ1) is 30.9. The number of piperazine rings is 1. The molecule has 1 heterocycles. The van der Waals surface area contributed by atoms with Crippen LogP contribution >= 0.6 is 12.4 Å². The summed E-state index contributed by atoms with van der Waals surface area (Å²) in [6.07, 6.45) is 0.755. The number of rotatable bonds is 11. The fourth-order valence-electron chi connectivity index (χ4n) is 4.98. The largest absolute Gasteiger partial charge is 0.465 e. The summed E-state index contributed by atoms with van der Waals surface area (Å²) >= 11 is 0. The van der Waals surface area contributed by atoms with E-state index in [0.29, 0.717) is 24.3 Å². The van der Waals surface area contributed by atoms with Crippen molar-refractivity contribution in [3.63, 3.8) is 0 Å². The quantitative estimate of drug-likeness (QED) is 0.241. The van der Waals surface area contributed by atoms with Crippen molar-refractivity contribution in [2.24, 2.45) is 0 Å². The van der Waals surface area contributed by atoms with Crippen molar-refractivity contribution in [3.8, 4) is 0 Å². The van der Waals surface area contributed by atoms with Gasteiger partial charge in [-0.2, -0.15) is 0 Å². The minimum atomic E-state index is -0.444. The number of nitrogens with zero attached hydrogens (tertiary/aromatic N) is 2. The van der Waals surface area contributed by atoms with E-state index in [1.165, 1.54) is 18.2 Å². The SMILES string of the molecule is C=C(CN1CCNCC1)CN(CCC(c1ccccc1)c1ccccc1)C(=O)Nc1cccc(C(=O)OC)c1.Cl. The standard InChI is InChI=1S/C32H38N4O3.ClH/c1-25(23-35-20-17-33-18-21-35)24-36(32(38)34-29-15-9-14-28(22-29)31(37)39-2)19-16-30(26-10-5-3-6-11-26)27-12-7-4-8-13-27;/h3-15,22,30,33H,1,16-21,23-24H2,2H3,(H,34,38);1H. The van der Waals surface area contributed by atoms with Gasteiger partial charge in [0.15, 0.2) is 0 Å². The van der Waals surface area contributed by atoms with Crippen LogP contribution in [0.4, 0.5) is 10.5 Å². The molecule has 40 heavy (non-hydrogen) atoms. The van der Waals surface area contributed by atoms with E-state index in [9.17, 15) is 9.59 Å². The van der Waals surface area contributed by atoms with Crippen molar-refractivity contribution in [1.29, 1.82) is 0 Å². The second-order valence-corrected chi connectivity index (χ2v) is 9.86. The molecule has 0 aliphatic carbocycles. The number of halogens is 1. The predicted molar refractivity (Wildman–Crippen MR) is 163 cm³/mol. The normalized spacial score (nSPS) is 13.2. The lowest BCUT2D eigenvalue weighted by atomic mass is 9.88. The lowest BCUT2D eigenvalue weighted by molar-refractivity contribution is 0.0600. The molecule has 1 aliphatic heterocycles. The van der Waals surface area contributed by atoms with Crippen molar-refractivity contribution >= 4 is 30.1 Å². The van der Waals surface area contributed by atoms with Crippen molar-refractivity contribution in [1.82, 2.24) is 15.1 Å². The molecule has 4 rings (SSSR count). The molecule has 7 nitrogen and oxygen atoms in total. The third-order valence-corrected chi connectivity index (χ3v) is 6.99. The van der Waals surface area contributed by atoms with Gasteiger partial charge in [-0.1, -0.05) is 73.3 Å². The fourth-order valence-corrected chi connectivity index (χ4v) is 4.98. The van der Waals surface area contributed by atoms with Gasteiger partial charge in [0.05, 0.1) is 12.7 Å². The number of hydrogen-bond donors (Lipinski definition) is 2. The van der Waals surface area contributed by atoms with Crippen LogP contribution in [0.1, 0.15) is 33.8 Å². The van der Waals surface area contributed by atoms with E-state index >= 15 is 0 Å². The zero-order valence-corrected chi connectivity index (χ0v) is 23.9. The van der Waals surface area contributed by atoms with Crippen LogP contribution in [0.3, 0.4) is 0 Å². The van der Waals surface area contributed by atoms with Gasteiger partial charge >= 0.3 is 12.0 Å². The highest BCUT2D eigenvalue weighted by molar-refractivity contribution is 5.94. The number of anilines is 1. The number of hydrogen-bond acceptors (Lipinski definition) is 5. The Kier molecular flexibility index (Phi) is 12.2. The zero-order chi connectivity index (χ0) is 27.5. The Morgan fingerprint density at radius 2 is 1.60 bits per heavy atom. The minimum Gasteiger partial charge on any atom is -0.465 e. The van der Waals surface area contributed by atoms with E-state index < -0.39 is 5.97 Å². The molecular formula is C32H39ClN4O3. The average Bonchev–Trinajstić information content (AvgIpc) is 2.98. The minimum absolute atomic E-state index is 0. The number of esters is 1. The molecule has 0 radical (unpaired) electrons. The van der Waals surface area contributed by atoms with Crippen LogP contribution in [0, 0.1) is 0 Å². The fraction of sp³-hybridized carbons (Fsp3) is 0.312. The maximum Gasteiger partial charge on any atom is 0.337 e. The number of carbonyl (C=O) groups is 2. The Morgan fingerprint density at radius 1 is 0.975 bits per heavy atom. The molecular weight excluding hydrogens is 524 g/mol. The van der Waals surface area contributed by atoms with Gasteiger partial charge in [0.1, 0.15) is 0 Å². The van der Waals surface area contributed by atoms with Crippen LogP contribution in [0.25, 0.3) is 0 Å². The summed E-state index contributed by atoms with van der Waals surface area (Å²) in [5.41, 5.74) is 4.36. The Labute approximate surface area is 243 Å². The number of nitrogens with one attached hydrogen (secondary N) is 2. The molecule has 1 fully saturated rings. The predicted octanol–water partition coefficient (Wildman–Crippen LogP) is 5.41. The molecule has 2 amide bonds. The monoisotopic (exact) mass is 562 g/mol. The van der Waals surface area contributed by atoms with Gasteiger partial charge in [0, 0.05) is 57.4 Å².